The molecule has 0 unspecified atom stereocenters. The minimum Gasteiger partial charge on any atom is -0.396 e. The molecule has 1 aliphatic rings. The lowest BCUT2D eigenvalue weighted by atomic mass is 9.96. The second kappa shape index (κ2) is 8.60. The minimum atomic E-state index is -0.486. The summed E-state index contributed by atoms with van der Waals surface area (Å²) in [6.45, 7) is 3.09. The number of fused-ring (bicyclic) bond motifs is 1. The average Bonchev–Trinajstić information content (AvgIpc) is 3.08. The number of aliphatic hydroxyl groups is 1. The van der Waals surface area contributed by atoms with Crippen LogP contribution in [0.15, 0.2) is 29.1 Å². The van der Waals surface area contributed by atoms with Crippen molar-refractivity contribution in [3.8, 4) is 0 Å². The summed E-state index contributed by atoms with van der Waals surface area (Å²) in [4.78, 5) is 36.0. The van der Waals surface area contributed by atoms with Gasteiger partial charge in [0.25, 0.3) is 11.5 Å². The Balaban J connectivity index is 1.75. The number of para-hydroxylation sites is 2. The van der Waals surface area contributed by atoms with Gasteiger partial charge in [0, 0.05) is 45.8 Å². The number of rotatable bonds is 7. The van der Waals surface area contributed by atoms with E-state index in [4.69, 9.17) is 4.74 Å². The van der Waals surface area contributed by atoms with Gasteiger partial charge < -0.3 is 24.6 Å². The van der Waals surface area contributed by atoms with Crippen molar-refractivity contribution in [1.29, 1.82) is 0 Å². The molecule has 2 heterocycles. The van der Waals surface area contributed by atoms with Crippen LogP contribution in [0.1, 0.15) is 10.5 Å². The van der Waals surface area contributed by atoms with Gasteiger partial charge >= 0.3 is 0 Å². The molecule has 2 aromatic rings. The van der Waals surface area contributed by atoms with Crippen LogP contribution in [0.3, 0.4) is 0 Å². The highest BCUT2D eigenvalue weighted by Crippen LogP contribution is 2.25. The normalized spacial score (nSPS) is 19.9. The topological polar surface area (TPSA) is 98.8 Å². The van der Waals surface area contributed by atoms with E-state index in [0.717, 1.165) is 13.1 Å². The highest BCUT2D eigenvalue weighted by Gasteiger charge is 2.36. The number of nitrogens with zero attached hydrogens (tertiary/aromatic N) is 3. The lowest BCUT2D eigenvalue weighted by molar-refractivity contribution is 0.0771. The van der Waals surface area contributed by atoms with Crippen molar-refractivity contribution in [2.24, 2.45) is 11.8 Å². The Morgan fingerprint density at radius 3 is 2.85 bits per heavy atom. The first-order valence-electron chi connectivity index (χ1n) is 9.10. The molecule has 2 N–H and O–H groups in total. The lowest BCUT2D eigenvalue weighted by Crippen LogP contribution is -2.36. The highest BCUT2D eigenvalue weighted by atomic mass is 16.5. The van der Waals surface area contributed by atoms with Gasteiger partial charge in [-0.1, -0.05) is 12.1 Å². The number of ether oxygens (including phenoxy) is 1. The Morgan fingerprint density at radius 2 is 2.11 bits per heavy atom. The number of benzene rings is 1. The number of nitrogens with one attached hydrogen (secondary N) is 1. The quantitative estimate of drug-likeness (QED) is 0.717. The van der Waals surface area contributed by atoms with Gasteiger partial charge in [-0.2, -0.15) is 0 Å². The summed E-state index contributed by atoms with van der Waals surface area (Å²) in [5.41, 5.74) is 0.597. The molecule has 0 aliphatic carbocycles. The van der Waals surface area contributed by atoms with Gasteiger partial charge in [-0.25, -0.2) is 4.98 Å². The van der Waals surface area contributed by atoms with Gasteiger partial charge in [0.2, 0.25) is 0 Å². The van der Waals surface area contributed by atoms with E-state index in [0.29, 0.717) is 30.7 Å². The van der Waals surface area contributed by atoms with Gasteiger partial charge in [0.1, 0.15) is 0 Å². The molecule has 2 atom stereocenters. The summed E-state index contributed by atoms with van der Waals surface area (Å²) in [7, 11) is 3.65. The van der Waals surface area contributed by atoms with Gasteiger partial charge in [0.05, 0.1) is 17.6 Å². The minimum absolute atomic E-state index is 0.00801. The third-order valence-electron chi connectivity index (χ3n) is 5.12. The van der Waals surface area contributed by atoms with Crippen molar-refractivity contribution in [3.63, 3.8) is 0 Å². The first-order valence-corrected chi connectivity index (χ1v) is 9.10. The fourth-order valence-electron chi connectivity index (χ4n) is 3.58. The van der Waals surface area contributed by atoms with Gasteiger partial charge in [-0.05, 0) is 25.1 Å². The summed E-state index contributed by atoms with van der Waals surface area (Å²) in [6.07, 6.45) is 0. The Bertz CT molecular complexity index is 853. The predicted octanol–water partition coefficient (Wildman–Crippen LogP) is 0.182. The van der Waals surface area contributed by atoms with Crippen LogP contribution in [0.5, 0.6) is 0 Å². The maximum Gasteiger partial charge on any atom is 0.280 e. The van der Waals surface area contributed by atoms with Gasteiger partial charge in [0.15, 0.2) is 5.69 Å². The van der Waals surface area contributed by atoms with E-state index in [2.05, 4.69) is 14.9 Å². The summed E-state index contributed by atoms with van der Waals surface area (Å²) < 4.78 is 5.09. The molecule has 0 bridgehead atoms. The van der Waals surface area contributed by atoms with Crippen molar-refractivity contribution in [2.45, 2.75) is 0 Å². The van der Waals surface area contributed by atoms with Crippen LogP contribution in [-0.4, -0.2) is 84.3 Å². The number of aliphatic hydroxyl groups excluding tert-OH is 1. The Labute approximate surface area is 157 Å². The number of methoxy groups -OCH3 is 1. The van der Waals surface area contributed by atoms with Crippen molar-refractivity contribution in [3.05, 3.63) is 40.3 Å². The number of amides is 1. The third-order valence-corrected chi connectivity index (χ3v) is 5.12. The highest BCUT2D eigenvalue weighted by molar-refractivity contribution is 5.93. The molecule has 1 amide bonds. The third kappa shape index (κ3) is 4.35. The van der Waals surface area contributed by atoms with Crippen LogP contribution in [0.25, 0.3) is 11.0 Å². The standard InChI is InChI=1S/C19H26N4O4/c1-22(7-8-27-2)9-13-10-23(11-14(13)12-24)19(26)17-18(25)21-16-6-4-3-5-15(16)20-17/h3-6,13-14,24H,7-12H2,1-2H3,(H,21,25)/t13-,14-/m1/s1. The number of hydrogen-bond donors (Lipinski definition) is 2. The van der Waals surface area contributed by atoms with E-state index in [1.807, 2.05) is 13.1 Å². The van der Waals surface area contributed by atoms with E-state index >= 15 is 0 Å². The zero-order valence-corrected chi connectivity index (χ0v) is 15.7. The Hall–Kier alpha value is -2.29. The Morgan fingerprint density at radius 1 is 1.37 bits per heavy atom. The summed E-state index contributed by atoms with van der Waals surface area (Å²) >= 11 is 0. The number of likely N-dealkylation sites (tertiary alicyclic amines) is 1. The van der Waals surface area contributed by atoms with E-state index < -0.39 is 5.56 Å². The van der Waals surface area contributed by atoms with Gasteiger partial charge in [-0.15, -0.1) is 0 Å². The molecule has 3 rings (SSSR count). The molecule has 1 saturated heterocycles. The van der Waals surface area contributed by atoms with E-state index in [-0.39, 0.29) is 30.0 Å². The maximum atomic E-state index is 12.9. The van der Waals surface area contributed by atoms with Crippen molar-refractivity contribution in [1.82, 2.24) is 19.8 Å². The van der Waals surface area contributed by atoms with Crippen molar-refractivity contribution >= 4 is 16.9 Å². The number of aromatic amines is 1. The van der Waals surface area contributed by atoms with Crippen LogP contribution in [0, 0.1) is 11.8 Å². The predicted molar refractivity (Wildman–Crippen MR) is 102 cm³/mol. The molecule has 0 spiro atoms. The monoisotopic (exact) mass is 374 g/mol. The maximum absolute atomic E-state index is 12.9. The lowest BCUT2D eigenvalue weighted by Gasteiger charge is -2.23. The summed E-state index contributed by atoms with van der Waals surface area (Å²) in [5, 5.41) is 9.73. The van der Waals surface area contributed by atoms with E-state index in [1.54, 1.807) is 30.2 Å². The largest absolute Gasteiger partial charge is 0.396 e. The number of hydrogen-bond acceptors (Lipinski definition) is 6. The number of H-pyrrole nitrogens is 1. The number of aromatic nitrogens is 2. The van der Waals surface area contributed by atoms with Crippen LogP contribution in [-0.2, 0) is 4.74 Å². The number of carbonyl (C=O) groups is 1. The molecule has 146 valence electrons. The van der Waals surface area contributed by atoms with Crippen molar-refractivity contribution < 1.29 is 14.6 Å². The summed E-state index contributed by atoms with van der Waals surface area (Å²) in [6, 6.07) is 7.13. The number of likely N-dealkylation sites (N-methyl/N-ethyl adjacent to an activating group) is 1. The first-order chi connectivity index (χ1) is 13.0. The van der Waals surface area contributed by atoms with Crippen LogP contribution in [0.4, 0.5) is 0 Å². The molecule has 27 heavy (non-hydrogen) atoms. The Kier molecular flexibility index (Phi) is 6.20. The van der Waals surface area contributed by atoms with E-state index in [9.17, 15) is 14.7 Å². The van der Waals surface area contributed by atoms with Crippen molar-refractivity contribution in [2.75, 3.05) is 53.6 Å². The first kappa shape index (κ1) is 19.5. The molecule has 1 aromatic heterocycles. The second-order valence-electron chi connectivity index (χ2n) is 7.10. The zero-order valence-electron chi connectivity index (χ0n) is 15.7. The second-order valence-corrected chi connectivity index (χ2v) is 7.10. The molecular formula is C19H26N4O4. The SMILES string of the molecule is COCCN(C)C[C@@H]1CN(C(=O)c2nc3ccccc3[nH]c2=O)C[C@@H]1CO. The summed E-state index contributed by atoms with van der Waals surface area (Å²) in [5.74, 6) is -0.263. The van der Waals surface area contributed by atoms with E-state index in [1.165, 1.54) is 0 Å². The molecule has 0 saturated carbocycles. The molecular weight excluding hydrogens is 348 g/mol. The fourth-order valence-corrected chi connectivity index (χ4v) is 3.58. The smallest absolute Gasteiger partial charge is 0.280 e. The molecule has 1 fully saturated rings. The molecule has 1 aromatic carbocycles. The fraction of sp³-hybridized carbons (Fsp3) is 0.526. The van der Waals surface area contributed by atoms with Gasteiger partial charge in [-0.3, -0.25) is 9.59 Å². The molecule has 1 aliphatic heterocycles. The average molecular weight is 374 g/mol. The zero-order chi connectivity index (χ0) is 19.4. The molecule has 8 heteroatoms. The van der Waals surface area contributed by atoms with Crippen LogP contribution < -0.4 is 5.56 Å². The van der Waals surface area contributed by atoms with Crippen LogP contribution >= 0.6 is 0 Å². The molecule has 0 radical (unpaired) electrons. The van der Waals surface area contributed by atoms with Crippen LogP contribution in [0.2, 0.25) is 0 Å². The molecule has 8 nitrogen and oxygen atoms in total. The number of carbonyl (C=O) groups excluding carboxylic acids is 1.